The normalized spacial score (nSPS) is 13.2. The van der Waals surface area contributed by atoms with E-state index in [0.717, 1.165) is 12.3 Å². The summed E-state index contributed by atoms with van der Waals surface area (Å²) in [5.74, 6) is 3.67. The summed E-state index contributed by atoms with van der Waals surface area (Å²) in [7, 11) is 0. The molecule has 1 heterocycles. The van der Waals surface area contributed by atoms with Crippen LogP contribution in [-0.2, 0) is 6.18 Å². The second-order valence-corrected chi connectivity index (χ2v) is 4.27. The molecule has 0 spiro atoms. The van der Waals surface area contributed by atoms with E-state index in [-0.39, 0.29) is 11.1 Å². The van der Waals surface area contributed by atoms with Crippen molar-refractivity contribution in [3.63, 3.8) is 0 Å². The molecule has 0 aliphatic heterocycles. The van der Waals surface area contributed by atoms with Gasteiger partial charge in [0.05, 0.1) is 17.8 Å². The molecule has 112 valence electrons. The Kier molecular flexibility index (Phi) is 4.19. The van der Waals surface area contributed by atoms with Gasteiger partial charge < -0.3 is 0 Å². The number of nitrogens with zero attached hydrogens (tertiary/aromatic N) is 1. The van der Waals surface area contributed by atoms with Crippen LogP contribution in [0.15, 0.2) is 36.7 Å². The van der Waals surface area contributed by atoms with E-state index in [0.29, 0.717) is 18.2 Å². The number of halogens is 5. The predicted octanol–water partition coefficient (Wildman–Crippen LogP) is 2.93. The maximum absolute atomic E-state index is 13.8. The molecule has 1 atom stereocenters. The van der Waals surface area contributed by atoms with Gasteiger partial charge in [-0.05, 0) is 29.8 Å². The first kappa shape index (κ1) is 15.3. The Morgan fingerprint density at radius 2 is 1.81 bits per heavy atom. The number of rotatable bonds is 3. The third-order valence-electron chi connectivity index (χ3n) is 2.86. The van der Waals surface area contributed by atoms with Crippen molar-refractivity contribution in [2.24, 2.45) is 5.84 Å². The van der Waals surface area contributed by atoms with Crippen LogP contribution >= 0.6 is 0 Å². The highest BCUT2D eigenvalue weighted by Gasteiger charge is 2.32. The number of nitrogens with two attached hydrogens (primary N) is 1. The van der Waals surface area contributed by atoms with E-state index in [1.165, 1.54) is 6.20 Å². The summed E-state index contributed by atoms with van der Waals surface area (Å²) in [5, 5.41) is 0. The molecule has 0 bridgehead atoms. The van der Waals surface area contributed by atoms with Gasteiger partial charge >= 0.3 is 6.18 Å². The number of pyridine rings is 1. The predicted molar refractivity (Wildman–Crippen MR) is 64.8 cm³/mol. The molecule has 0 fully saturated rings. The summed E-state index contributed by atoms with van der Waals surface area (Å²) < 4.78 is 65.0. The molecule has 0 aliphatic rings. The Balaban J connectivity index is 2.52. The van der Waals surface area contributed by atoms with Crippen molar-refractivity contribution in [1.82, 2.24) is 10.4 Å². The molecule has 3 N–H and O–H groups in total. The number of alkyl halides is 3. The molecule has 0 saturated heterocycles. The van der Waals surface area contributed by atoms with Gasteiger partial charge in [-0.3, -0.25) is 10.8 Å². The van der Waals surface area contributed by atoms with Gasteiger partial charge in [0.25, 0.3) is 0 Å². The molecule has 3 nitrogen and oxygen atoms in total. The van der Waals surface area contributed by atoms with Crippen molar-refractivity contribution in [2.75, 3.05) is 0 Å². The van der Waals surface area contributed by atoms with Gasteiger partial charge in [-0.1, -0.05) is 0 Å². The lowest BCUT2D eigenvalue weighted by Crippen LogP contribution is -2.30. The smallest absolute Gasteiger partial charge is 0.271 e. The van der Waals surface area contributed by atoms with Gasteiger partial charge in [0.1, 0.15) is 11.6 Å². The molecular weight excluding hydrogens is 293 g/mol. The molecule has 1 unspecified atom stereocenters. The van der Waals surface area contributed by atoms with Gasteiger partial charge in [-0.25, -0.2) is 14.2 Å². The van der Waals surface area contributed by atoms with E-state index < -0.39 is 29.4 Å². The van der Waals surface area contributed by atoms with Crippen molar-refractivity contribution in [1.29, 1.82) is 0 Å². The van der Waals surface area contributed by atoms with Crippen LogP contribution in [-0.4, -0.2) is 4.98 Å². The van der Waals surface area contributed by atoms with E-state index in [4.69, 9.17) is 5.84 Å². The highest BCUT2D eigenvalue weighted by molar-refractivity contribution is 5.35. The minimum absolute atomic E-state index is 0.107. The number of benzene rings is 1. The van der Waals surface area contributed by atoms with Gasteiger partial charge in [0.15, 0.2) is 0 Å². The molecular formula is C13H10F5N3. The van der Waals surface area contributed by atoms with Crippen molar-refractivity contribution >= 4 is 0 Å². The van der Waals surface area contributed by atoms with Crippen LogP contribution in [0, 0.1) is 11.6 Å². The molecule has 0 amide bonds. The molecule has 0 radical (unpaired) electrons. The fourth-order valence-corrected chi connectivity index (χ4v) is 1.89. The maximum Gasteiger partial charge on any atom is 0.416 e. The number of nitrogens with one attached hydrogen (secondary N) is 1. The van der Waals surface area contributed by atoms with Crippen molar-refractivity contribution < 1.29 is 22.0 Å². The molecule has 2 aromatic rings. The summed E-state index contributed by atoms with van der Waals surface area (Å²) in [5.41, 5.74) is 0.902. The first-order chi connectivity index (χ1) is 9.82. The average molecular weight is 303 g/mol. The van der Waals surface area contributed by atoms with Gasteiger partial charge in [0.2, 0.25) is 0 Å². The lowest BCUT2D eigenvalue weighted by molar-refractivity contribution is -0.137. The van der Waals surface area contributed by atoms with Crippen molar-refractivity contribution in [3.05, 3.63) is 65.0 Å². The van der Waals surface area contributed by atoms with Crippen LogP contribution < -0.4 is 11.3 Å². The second kappa shape index (κ2) is 5.74. The standard InChI is InChI=1S/C13H10F5N3/c14-9-3-7(5-20-6-9)12(21-19)10-4-8(13(16,17)18)1-2-11(10)15/h1-6,12,21H,19H2. The highest BCUT2D eigenvalue weighted by atomic mass is 19.4. The molecule has 0 aliphatic carbocycles. The lowest BCUT2D eigenvalue weighted by Gasteiger charge is -2.19. The Morgan fingerprint density at radius 3 is 2.38 bits per heavy atom. The van der Waals surface area contributed by atoms with E-state index in [1.807, 2.05) is 0 Å². The van der Waals surface area contributed by atoms with Crippen LogP contribution in [0.3, 0.4) is 0 Å². The second-order valence-electron chi connectivity index (χ2n) is 4.27. The summed E-state index contributed by atoms with van der Waals surface area (Å²) in [6, 6.07) is 1.79. The Morgan fingerprint density at radius 1 is 1.10 bits per heavy atom. The summed E-state index contributed by atoms with van der Waals surface area (Å²) >= 11 is 0. The molecule has 8 heteroatoms. The van der Waals surface area contributed by atoms with Crippen molar-refractivity contribution in [3.8, 4) is 0 Å². The minimum atomic E-state index is -4.62. The Bertz CT molecular complexity index is 642. The third-order valence-corrected chi connectivity index (χ3v) is 2.86. The van der Waals surface area contributed by atoms with Gasteiger partial charge in [-0.15, -0.1) is 0 Å². The first-order valence-corrected chi connectivity index (χ1v) is 5.76. The molecule has 0 saturated carbocycles. The SMILES string of the molecule is NNC(c1cncc(F)c1)c1cc(C(F)(F)F)ccc1F. The molecule has 21 heavy (non-hydrogen) atoms. The van der Waals surface area contributed by atoms with Crippen molar-refractivity contribution in [2.45, 2.75) is 12.2 Å². The average Bonchev–Trinajstić information content (AvgIpc) is 2.40. The fraction of sp³-hybridized carbons (Fsp3) is 0.154. The quantitative estimate of drug-likeness (QED) is 0.521. The Hall–Kier alpha value is -2.06. The van der Waals surface area contributed by atoms with E-state index in [9.17, 15) is 22.0 Å². The molecule has 2 rings (SSSR count). The summed E-state index contributed by atoms with van der Waals surface area (Å²) in [6.45, 7) is 0. The van der Waals surface area contributed by atoms with Gasteiger partial charge in [0, 0.05) is 11.8 Å². The van der Waals surface area contributed by atoms with Crippen LogP contribution in [0.5, 0.6) is 0 Å². The zero-order chi connectivity index (χ0) is 15.6. The number of hydrogen-bond acceptors (Lipinski definition) is 3. The lowest BCUT2D eigenvalue weighted by atomic mass is 9.98. The van der Waals surface area contributed by atoms with Crippen LogP contribution in [0.4, 0.5) is 22.0 Å². The fourth-order valence-electron chi connectivity index (χ4n) is 1.89. The van der Waals surface area contributed by atoms with Crippen LogP contribution in [0.1, 0.15) is 22.7 Å². The zero-order valence-electron chi connectivity index (χ0n) is 10.5. The van der Waals surface area contributed by atoms with Gasteiger partial charge in [-0.2, -0.15) is 13.2 Å². The molecule has 1 aromatic carbocycles. The maximum atomic E-state index is 13.8. The highest BCUT2D eigenvalue weighted by Crippen LogP contribution is 2.33. The van der Waals surface area contributed by atoms with Crippen LogP contribution in [0.2, 0.25) is 0 Å². The summed E-state index contributed by atoms with van der Waals surface area (Å²) in [4.78, 5) is 3.56. The Labute approximate surface area is 116 Å². The third kappa shape index (κ3) is 3.34. The number of hydrazine groups is 1. The van der Waals surface area contributed by atoms with E-state index in [1.54, 1.807) is 0 Å². The zero-order valence-corrected chi connectivity index (χ0v) is 10.5. The first-order valence-electron chi connectivity index (χ1n) is 5.76. The van der Waals surface area contributed by atoms with E-state index >= 15 is 0 Å². The van der Waals surface area contributed by atoms with E-state index in [2.05, 4.69) is 10.4 Å². The minimum Gasteiger partial charge on any atom is -0.271 e. The molecule has 1 aromatic heterocycles. The monoisotopic (exact) mass is 303 g/mol. The number of hydrogen-bond donors (Lipinski definition) is 2. The largest absolute Gasteiger partial charge is 0.416 e. The number of aromatic nitrogens is 1. The summed E-state index contributed by atoms with van der Waals surface area (Å²) in [6.07, 6.45) is -2.52. The topological polar surface area (TPSA) is 50.9 Å². The van der Waals surface area contributed by atoms with Crippen LogP contribution in [0.25, 0.3) is 0 Å².